The summed E-state index contributed by atoms with van der Waals surface area (Å²) in [5, 5.41) is 3.75. The van der Waals surface area contributed by atoms with Gasteiger partial charge in [-0.2, -0.15) is 0 Å². The third-order valence-corrected chi connectivity index (χ3v) is 3.29. The van der Waals surface area contributed by atoms with Crippen molar-refractivity contribution < 1.29 is 4.74 Å². The first-order valence-electron chi connectivity index (χ1n) is 6.04. The Bertz CT molecular complexity index is 369. The molecular formula is C12H18ClN3O. The molecular weight excluding hydrogens is 238 g/mol. The second-order valence-electron chi connectivity index (χ2n) is 4.44. The molecule has 1 aromatic heterocycles. The Labute approximate surface area is 107 Å². The first-order chi connectivity index (χ1) is 8.28. The highest BCUT2D eigenvalue weighted by Gasteiger charge is 2.16. The normalized spacial score (nSPS) is 15.6. The van der Waals surface area contributed by atoms with Gasteiger partial charge in [-0.3, -0.25) is 0 Å². The van der Waals surface area contributed by atoms with Crippen molar-refractivity contribution in [1.82, 2.24) is 9.97 Å². The van der Waals surface area contributed by atoms with E-state index >= 15 is 0 Å². The first kappa shape index (κ1) is 12.6. The number of nitrogens with zero attached hydrogens (tertiary/aromatic N) is 2. The minimum atomic E-state index is 0.387. The Kier molecular flexibility index (Phi) is 4.57. The van der Waals surface area contributed by atoms with Gasteiger partial charge < -0.3 is 10.1 Å². The zero-order valence-corrected chi connectivity index (χ0v) is 10.8. The molecule has 1 fully saturated rings. The Morgan fingerprint density at radius 3 is 2.94 bits per heavy atom. The van der Waals surface area contributed by atoms with Crippen LogP contribution >= 0.6 is 11.6 Å². The van der Waals surface area contributed by atoms with Gasteiger partial charge in [0.2, 0.25) is 0 Å². The first-order valence-corrected chi connectivity index (χ1v) is 6.42. The van der Waals surface area contributed by atoms with E-state index in [1.54, 1.807) is 13.2 Å². The number of ether oxygens (including phenoxy) is 1. The van der Waals surface area contributed by atoms with E-state index in [0.717, 1.165) is 18.3 Å². The summed E-state index contributed by atoms with van der Waals surface area (Å²) in [5.41, 5.74) is 0. The van der Waals surface area contributed by atoms with Crippen molar-refractivity contribution in [1.29, 1.82) is 0 Å². The van der Waals surface area contributed by atoms with Gasteiger partial charge in [0.05, 0.1) is 0 Å². The monoisotopic (exact) mass is 255 g/mol. The second-order valence-corrected chi connectivity index (χ2v) is 4.82. The van der Waals surface area contributed by atoms with Gasteiger partial charge >= 0.3 is 0 Å². The molecule has 1 aliphatic rings. The van der Waals surface area contributed by atoms with Gasteiger partial charge in [-0.25, -0.2) is 9.97 Å². The average molecular weight is 256 g/mol. The summed E-state index contributed by atoms with van der Waals surface area (Å²) >= 11 is 5.92. The van der Waals surface area contributed by atoms with Crippen molar-refractivity contribution in [3.05, 3.63) is 17.0 Å². The van der Waals surface area contributed by atoms with Gasteiger partial charge in [-0.15, -0.1) is 0 Å². The zero-order valence-electron chi connectivity index (χ0n) is 10.1. The van der Waals surface area contributed by atoms with Crippen molar-refractivity contribution >= 4 is 17.4 Å². The van der Waals surface area contributed by atoms with E-state index in [0.29, 0.717) is 17.6 Å². The van der Waals surface area contributed by atoms with Crippen molar-refractivity contribution in [3.8, 4) is 0 Å². The van der Waals surface area contributed by atoms with Crippen LogP contribution in [0.15, 0.2) is 6.07 Å². The van der Waals surface area contributed by atoms with Crippen LogP contribution in [-0.4, -0.2) is 23.6 Å². The minimum absolute atomic E-state index is 0.387. The van der Waals surface area contributed by atoms with Gasteiger partial charge in [0.15, 0.2) is 5.82 Å². The summed E-state index contributed by atoms with van der Waals surface area (Å²) in [6.07, 6.45) is 5.35. The fourth-order valence-electron chi connectivity index (χ4n) is 1.93. The number of rotatable bonds is 6. The summed E-state index contributed by atoms with van der Waals surface area (Å²) in [5.74, 6) is 2.31. The van der Waals surface area contributed by atoms with E-state index in [4.69, 9.17) is 16.3 Å². The maximum Gasteiger partial charge on any atom is 0.158 e. The Morgan fingerprint density at radius 1 is 1.47 bits per heavy atom. The SMILES string of the molecule is COCc1nc(Cl)cc(NCCC2CCC2)n1. The number of hydrogen-bond donors (Lipinski definition) is 1. The average Bonchev–Trinajstić information content (AvgIpc) is 2.21. The van der Waals surface area contributed by atoms with Crippen LogP contribution in [0.4, 0.5) is 5.82 Å². The Hall–Kier alpha value is -0.870. The molecule has 0 spiro atoms. The molecule has 1 heterocycles. The van der Waals surface area contributed by atoms with E-state index in [2.05, 4.69) is 15.3 Å². The summed E-state index contributed by atoms with van der Waals surface area (Å²) in [6.45, 7) is 1.34. The molecule has 5 heteroatoms. The highest BCUT2D eigenvalue weighted by molar-refractivity contribution is 6.29. The van der Waals surface area contributed by atoms with E-state index < -0.39 is 0 Å². The molecule has 17 heavy (non-hydrogen) atoms. The summed E-state index contributed by atoms with van der Waals surface area (Å²) in [6, 6.07) is 1.75. The number of halogens is 1. The predicted octanol–water partition coefficient (Wildman–Crippen LogP) is 2.88. The maximum atomic E-state index is 5.92. The van der Waals surface area contributed by atoms with Crippen LogP contribution in [0.25, 0.3) is 0 Å². The van der Waals surface area contributed by atoms with Gasteiger partial charge in [-0.05, 0) is 12.3 Å². The third kappa shape index (κ3) is 3.82. The van der Waals surface area contributed by atoms with Gasteiger partial charge in [0, 0.05) is 19.7 Å². The topological polar surface area (TPSA) is 47.0 Å². The Morgan fingerprint density at radius 2 is 2.29 bits per heavy atom. The molecule has 0 aromatic carbocycles. The van der Waals surface area contributed by atoms with Crippen LogP contribution in [0, 0.1) is 5.92 Å². The molecule has 4 nitrogen and oxygen atoms in total. The number of hydrogen-bond acceptors (Lipinski definition) is 4. The molecule has 1 aliphatic carbocycles. The molecule has 0 saturated heterocycles. The van der Waals surface area contributed by atoms with Gasteiger partial charge in [0.25, 0.3) is 0 Å². The molecule has 1 aromatic rings. The van der Waals surface area contributed by atoms with Crippen LogP contribution < -0.4 is 5.32 Å². The predicted molar refractivity (Wildman–Crippen MR) is 68.2 cm³/mol. The largest absolute Gasteiger partial charge is 0.377 e. The lowest BCUT2D eigenvalue weighted by Gasteiger charge is -2.25. The van der Waals surface area contributed by atoms with Gasteiger partial charge in [0.1, 0.15) is 17.6 Å². The molecule has 0 atom stereocenters. The highest BCUT2D eigenvalue weighted by atomic mass is 35.5. The fourth-order valence-corrected chi connectivity index (χ4v) is 2.14. The molecule has 1 N–H and O–H groups in total. The molecule has 0 amide bonds. The molecule has 0 bridgehead atoms. The summed E-state index contributed by atoms with van der Waals surface area (Å²) in [4.78, 5) is 8.42. The van der Waals surface area contributed by atoms with Crippen LogP contribution in [-0.2, 0) is 11.3 Å². The molecule has 2 rings (SSSR count). The lowest BCUT2D eigenvalue weighted by atomic mass is 9.83. The van der Waals surface area contributed by atoms with Crippen LogP contribution in [0.3, 0.4) is 0 Å². The van der Waals surface area contributed by atoms with E-state index in [-0.39, 0.29) is 0 Å². The highest BCUT2D eigenvalue weighted by Crippen LogP contribution is 2.29. The zero-order chi connectivity index (χ0) is 12.1. The van der Waals surface area contributed by atoms with Gasteiger partial charge in [-0.1, -0.05) is 30.9 Å². The molecule has 1 saturated carbocycles. The molecule has 0 aliphatic heterocycles. The second kappa shape index (κ2) is 6.17. The van der Waals surface area contributed by atoms with Crippen LogP contribution in [0.5, 0.6) is 0 Å². The smallest absolute Gasteiger partial charge is 0.158 e. The van der Waals surface area contributed by atoms with Crippen LogP contribution in [0.1, 0.15) is 31.5 Å². The minimum Gasteiger partial charge on any atom is -0.377 e. The summed E-state index contributed by atoms with van der Waals surface area (Å²) in [7, 11) is 1.62. The maximum absolute atomic E-state index is 5.92. The fraction of sp³-hybridized carbons (Fsp3) is 0.667. The quantitative estimate of drug-likeness (QED) is 0.794. The van der Waals surface area contributed by atoms with E-state index in [9.17, 15) is 0 Å². The number of aromatic nitrogens is 2. The van der Waals surface area contributed by atoms with Crippen molar-refractivity contribution in [2.24, 2.45) is 5.92 Å². The third-order valence-electron chi connectivity index (χ3n) is 3.10. The molecule has 0 radical (unpaired) electrons. The van der Waals surface area contributed by atoms with E-state index in [1.807, 2.05) is 0 Å². The lowest BCUT2D eigenvalue weighted by Crippen LogP contribution is -2.16. The number of anilines is 1. The van der Waals surface area contributed by atoms with E-state index in [1.165, 1.54) is 25.7 Å². The number of methoxy groups -OCH3 is 1. The van der Waals surface area contributed by atoms with Crippen molar-refractivity contribution in [2.75, 3.05) is 19.0 Å². The number of nitrogens with one attached hydrogen (secondary N) is 1. The lowest BCUT2D eigenvalue weighted by molar-refractivity contribution is 0.178. The molecule has 94 valence electrons. The Balaban J connectivity index is 1.85. The summed E-state index contributed by atoms with van der Waals surface area (Å²) < 4.78 is 5.00. The molecule has 0 unspecified atom stereocenters. The van der Waals surface area contributed by atoms with Crippen LogP contribution in [0.2, 0.25) is 5.15 Å². The van der Waals surface area contributed by atoms with Crippen molar-refractivity contribution in [2.45, 2.75) is 32.3 Å². The standard InChI is InChI=1S/C12H18ClN3O/c1-17-8-12-15-10(13)7-11(16-12)14-6-5-9-3-2-4-9/h7,9H,2-6,8H2,1H3,(H,14,15,16). The van der Waals surface area contributed by atoms with Crippen molar-refractivity contribution in [3.63, 3.8) is 0 Å².